The van der Waals surface area contributed by atoms with Crippen LogP contribution in [0.5, 0.6) is 0 Å². The van der Waals surface area contributed by atoms with Gasteiger partial charge in [-0.2, -0.15) is 4.80 Å². The van der Waals surface area contributed by atoms with Gasteiger partial charge in [0.25, 0.3) is 0 Å². The summed E-state index contributed by atoms with van der Waals surface area (Å²) in [6, 6.07) is 0. The Hall–Kier alpha value is -1.74. The molecule has 0 atom stereocenters. The maximum absolute atomic E-state index is 10.1. The summed E-state index contributed by atoms with van der Waals surface area (Å²) >= 11 is 0. The van der Waals surface area contributed by atoms with Gasteiger partial charge in [0.2, 0.25) is 0 Å². The third-order valence-corrected chi connectivity index (χ3v) is 1.53. The Balaban J connectivity index is 2.29. The largest absolute Gasteiger partial charge is 0.465 e. The first-order chi connectivity index (χ1) is 7.22. The van der Waals surface area contributed by atoms with Crippen molar-refractivity contribution in [2.45, 2.75) is 13.0 Å². The molecule has 0 aromatic carbocycles. The van der Waals surface area contributed by atoms with Crippen LogP contribution in [0.1, 0.15) is 5.82 Å². The Bertz CT molecular complexity index is 314. The second kappa shape index (κ2) is 5.88. The molecule has 0 aliphatic heterocycles. The lowest BCUT2D eigenvalue weighted by atomic mass is 10.4. The van der Waals surface area contributed by atoms with Crippen molar-refractivity contribution in [3.8, 4) is 0 Å². The molecule has 0 spiro atoms. The molecule has 0 saturated carbocycles. The van der Waals surface area contributed by atoms with Crippen LogP contribution in [0.25, 0.3) is 0 Å². The van der Waals surface area contributed by atoms with Crippen LogP contribution in [-0.4, -0.2) is 44.6 Å². The van der Waals surface area contributed by atoms with Crippen LogP contribution in [-0.2, 0) is 17.8 Å². The molecule has 4 N–H and O–H groups in total. The van der Waals surface area contributed by atoms with Crippen LogP contribution < -0.4 is 11.2 Å². The fourth-order valence-corrected chi connectivity index (χ4v) is 0.887. The highest BCUT2D eigenvalue weighted by Gasteiger charge is 2.03. The Morgan fingerprint density at radius 2 is 2.47 bits per heavy atom. The van der Waals surface area contributed by atoms with Gasteiger partial charge in [0.15, 0.2) is 5.82 Å². The van der Waals surface area contributed by atoms with Gasteiger partial charge >= 0.3 is 6.09 Å². The maximum Gasteiger partial charge on any atom is 0.404 e. The summed E-state index contributed by atoms with van der Waals surface area (Å²) in [6.07, 6.45) is -0.672. The molecule has 0 aliphatic carbocycles. The Labute approximate surface area is 85.2 Å². The van der Waals surface area contributed by atoms with E-state index in [0.717, 1.165) is 0 Å². The number of amides is 1. The van der Waals surface area contributed by atoms with Crippen LogP contribution >= 0.6 is 0 Å². The average molecular weight is 216 g/mol. The van der Waals surface area contributed by atoms with Gasteiger partial charge in [0.05, 0.1) is 13.2 Å². The Morgan fingerprint density at radius 3 is 3.13 bits per heavy atom. The van der Waals surface area contributed by atoms with E-state index in [1.54, 1.807) is 0 Å². The van der Waals surface area contributed by atoms with E-state index in [-0.39, 0.29) is 6.54 Å². The molecule has 0 aliphatic rings. The quantitative estimate of drug-likeness (QED) is 0.487. The molecule has 9 heteroatoms. The van der Waals surface area contributed by atoms with Gasteiger partial charge in [-0.3, -0.25) is 0 Å². The van der Waals surface area contributed by atoms with Crippen molar-refractivity contribution in [1.29, 1.82) is 0 Å². The fourth-order valence-electron chi connectivity index (χ4n) is 0.887. The molecule has 1 rings (SSSR count). The van der Waals surface area contributed by atoms with Crippen molar-refractivity contribution in [1.82, 2.24) is 25.5 Å². The molecule has 1 aromatic heterocycles. The predicted octanol–water partition coefficient (Wildman–Crippen LogP) is -1.63. The molecule has 0 fully saturated rings. The van der Waals surface area contributed by atoms with Crippen molar-refractivity contribution in [2.75, 3.05) is 13.2 Å². The third-order valence-electron chi connectivity index (χ3n) is 1.53. The summed E-state index contributed by atoms with van der Waals surface area (Å²) < 4.78 is 0. The van der Waals surface area contributed by atoms with Crippen LogP contribution in [0, 0.1) is 0 Å². The van der Waals surface area contributed by atoms with E-state index in [9.17, 15) is 4.79 Å². The lowest BCUT2D eigenvalue weighted by Gasteiger charge is -1.96. The van der Waals surface area contributed by atoms with Crippen LogP contribution in [0.2, 0.25) is 0 Å². The van der Waals surface area contributed by atoms with Crippen LogP contribution in [0.3, 0.4) is 0 Å². The van der Waals surface area contributed by atoms with Crippen molar-refractivity contribution in [3.63, 3.8) is 0 Å². The van der Waals surface area contributed by atoms with E-state index in [1.165, 1.54) is 4.80 Å². The Kier molecular flexibility index (Phi) is 4.44. The lowest BCUT2D eigenvalue weighted by Crippen LogP contribution is -2.23. The fraction of sp³-hybridized carbons (Fsp3) is 0.667. The minimum Gasteiger partial charge on any atom is -0.465 e. The van der Waals surface area contributed by atoms with E-state index in [1.807, 2.05) is 0 Å². The Morgan fingerprint density at radius 1 is 1.67 bits per heavy atom. The van der Waals surface area contributed by atoms with Gasteiger partial charge in [-0.25, -0.2) is 10.7 Å². The van der Waals surface area contributed by atoms with Gasteiger partial charge in [0.1, 0.15) is 0 Å². The van der Waals surface area contributed by atoms with E-state index in [4.69, 9.17) is 11.0 Å². The summed E-state index contributed by atoms with van der Waals surface area (Å²) in [6.45, 7) is 0.966. The second-order valence-corrected chi connectivity index (χ2v) is 2.65. The van der Waals surface area contributed by atoms with Gasteiger partial charge in [-0.1, -0.05) is 0 Å². The molecule has 0 saturated heterocycles. The molecule has 0 radical (unpaired) electrons. The minimum atomic E-state index is -1.07. The molecular formula is C6H12N6O3. The van der Waals surface area contributed by atoms with Gasteiger partial charge < -0.3 is 15.3 Å². The summed E-state index contributed by atoms with van der Waals surface area (Å²) in [5.41, 5.74) is 0. The zero-order valence-corrected chi connectivity index (χ0v) is 7.96. The number of carbonyl (C=O) groups is 1. The average Bonchev–Trinajstić information content (AvgIpc) is 2.62. The first-order valence-electron chi connectivity index (χ1n) is 4.27. The van der Waals surface area contributed by atoms with Gasteiger partial charge in [-0.15, -0.1) is 10.2 Å². The summed E-state index contributed by atoms with van der Waals surface area (Å²) in [5.74, 6) is 5.31. The number of nitrogens with one attached hydrogen (secondary N) is 1. The van der Waals surface area contributed by atoms with Crippen molar-refractivity contribution in [3.05, 3.63) is 5.82 Å². The molecular weight excluding hydrogens is 204 g/mol. The topological polar surface area (TPSA) is 128 Å². The van der Waals surface area contributed by atoms with E-state index in [2.05, 4.69) is 25.6 Å². The molecule has 1 heterocycles. The highest BCUT2D eigenvalue weighted by Crippen LogP contribution is 1.87. The summed E-state index contributed by atoms with van der Waals surface area (Å²) in [5, 5.41) is 21.9. The molecule has 15 heavy (non-hydrogen) atoms. The van der Waals surface area contributed by atoms with Crippen molar-refractivity contribution < 1.29 is 14.7 Å². The molecule has 0 bridgehead atoms. The smallest absolute Gasteiger partial charge is 0.404 e. The first kappa shape index (κ1) is 11.3. The maximum atomic E-state index is 10.1. The molecule has 1 amide bonds. The molecule has 1 aromatic rings. The summed E-state index contributed by atoms with van der Waals surface area (Å²) in [4.78, 5) is 15.8. The normalized spacial score (nSPS) is 10.2. The third kappa shape index (κ3) is 4.33. The molecule has 0 unspecified atom stereocenters. The number of rotatable bonds is 6. The van der Waals surface area contributed by atoms with Crippen molar-refractivity contribution >= 4 is 6.09 Å². The highest BCUT2D eigenvalue weighted by molar-refractivity contribution is 5.64. The molecule has 9 nitrogen and oxygen atoms in total. The monoisotopic (exact) mass is 216 g/mol. The number of nitrogens with zero attached hydrogens (tertiary/aromatic N) is 4. The second-order valence-electron chi connectivity index (χ2n) is 2.65. The lowest BCUT2D eigenvalue weighted by molar-refractivity contribution is 0.123. The standard InChI is InChI=1S/C6H12N6O3/c7-15-4-3-12-10-5(9-11-12)1-2-8-6(13)14/h8H,1-4,7H2,(H,13,14). The number of nitrogens with two attached hydrogens (primary N) is 1. The van der Waals surface area contributed by atoms with Crippen LogP contribution in [0.15, 0.2) is 0 Å². The number of tetrazole rings is 1. The zero-order chi connectivity index (χ0) is 11.1. The van der Waals surface area contributed by atoms with Crippen LogP contribution in [0.4, 0.5) is 4.79 Å². The summed E-state index contributed by atoms with van der Waals surface area (Å²) in [7, 11) is 0. The first-order valence-corrected chi connectivity index (χ1v) is 4.27. The van der Waals surface area contributed by atoms with Crippen molar-refractivity contribution in [2.24, 2.45) is 5.90 Å². The van der Waals surface area contributed by atoms with Gasteiger partial charge in [-0.05, 0) is 5.21 Å². The zero-order valence-electron chi connectivity index (χ0n) is 7.96. The molecule has 84 valence electrons. The minimum absolute atomic E-state index is 0.258. The predicted molar refractivity (Wildman–Crippen MR) is 47.7 cm³/mol. The number of hydrogen-bond acceptors (Lipinski definition) is 6. The van der Waals surface area contributed by atoms with Gasteiger partial charge in [0, 0.05) is 13.0 Å². The number of hydrogen-bond donors (Lipinski definition) is 3. The van der Waals surface area contributed by atoms with E-state index < -0.39 is 6.09 Å². The van der Waals surface area contributed by atoms with E-state index in [0.29, 0.717) is 25.4 Å². The SMILES string of the molecule is NOCCn1nnc(CCNC(=O)O)n1. The van der Waals surface area contributed by atoms with E-state index >= 15 is 0 Å². The highest BCUT2D eigenvalue weighted by atomic mass is 16.6. The number of aromatic nitrogens is 4. The number of carboxylic acid groups (broad SMARTS) is 1.